The lowest BCUT2D eigenvalue weighted by atomic mass is 9.86. The molecule has 134 valence electrons. The van der Waals surface area contributed by atoms with E-state index in [-0.39, 0.29) is 18.0 Å². The Morgan fingerprint density at radius 1 is 1.23 bits per heavy atom. The quantitative estimate of drug-likeness (QED) is 0.776. The second kappa shape index (κ2) is 7.02. The third-order valence-electron chi connectivity index (χ3n) is 4.65. The van der Waals surface area contributed by atoms with Crippen molar-refractivity contribution in [2.24, 2.45) is 5.73 Å². The van der Waals surface area contributed by atoms with Gasteiger partial charge in [-0.05, 0) is 42.3 Å². The number of nitrogens with two attached hydrogens (primary N) is 1. The van der Waals surface area contributed by atoms with E-state index < -0.39 is 11.4 Å². The van der Waals surface area contributed by atoms with Gasteiger partial charge in [0.1, 0.15) is 18.1 Å². The number of halogens is 1. The summed E-state index contributed by atoms with van der Waals surface area (Å²) in [5.74, 6) is -0.562. The van der Waals surface area contributed by atoms with Crippen molar-refractivity contribution >= 4 is 18.0 Å². The van der Waals surface area contributed by atoms with Crippen LogP contribution in [0.1, 0.15) is 24.5 Å². The van der Waals surface area contributed by atoms with Gasteiger partial charge in [-0.15, -0.1) is 0 Å². The molecule has 2 aromatic rings. The summed E-state index contributed by atoms with van der Waals surface area (Å²) in [6.07, 6.45) is 2.20. The van der Waals surface area contributed by atoms with Gasteiger partial charge in [-0.2, -0.15) is 0 Å². The van der Waals surface area contributed by atoms with E-state index in [1.807, 2.05) is 24.0 Å². The lowest BCUT2D eigenvalue weighted by Crippen LogP contribution is -2.51. The van der Waals surface area contributed by atoms with Gasteiger partial charge in [0.25, 0.3) is 0 Å². The van der Waals surface area contributed by atoms with E-state index in [1.54, 1.807) is 30.6 Å². The van der Waals surface area contributed by atoms with Crippen molar-refractivity contribution in [2.45, 2.75) is 31.8 Å². The lowest BCUT2D eigenvalue weighted by molar-refractivity contribution is -0.119. The van der Waals surface area contributed by atoms with Crippen molar-refractivity contribution < 1.29 is 14.3 Å². The fourth-order valence-corrected chi connectivity index (χ4v) is 3.26. The maximum Gasteiger partial charge on any atom is 0.334 e. The van der Waals surface area contributed by atoms with Crippen LogP contribution < -0.4 is 10.4 Å². The van der Waals surface area contributed by atoms with Crippen LogP contribution in [0.15, 0.2) is 48.5 Å². The van der Waals surface area contributed by atoms with Crippen LogP contribution in [0.5, 0.6) is 5.75 Å². The van der Waals surface area contributed by atoms with E-state index in [1.165, 1.54) is 12.1 Å². The highest BCUT2D eigenvalue weighted by Crippen LogP contribution is 2.26. The molecular weight excluding hydrogens is 333 g/mol. The fraction of sp³-hybridized carbons (Fsp3) is 0.250. The molecule has 1 amide bonds. The Morgan fingerprint density at radius 3 is 2.65 bits per heavy atom. The van der Waals surface area contributed by atoms with E-state index in [4.69, 9.17) is 5.73 Å². The molecule has 0 aromatic heterocycles. The van der Waals surface area contributed by atoms with Gasteiger partial charge in [-0.1, -0.05) is 24.3 Å². The van der Waals surface area contributed by atoms with Crippen molar-refractivity contribution in [1.82, 2.24) is 9.57 Å². The third kappa shape index (κ3) is 3.76. The minimum absolute atomic E-state index is 0.0937. The number of phenolic OH excluding ortho intramolecular Hbond substituents is 1. The summed E-state index contributed by atoms with van der Waals surface area (Å²) in [7, 11) is 0. The number of nitrogens with zero attached hydrogens (tertiary/aromatic N) is 2. The second-order valence-electron chi connectivity index (χ2n) is 6.71. The normalized spacial score (nSPS) is 18.8. The van der Waals surface area contributed by atoms with Crippen molar-refractivity contribution in [3.63, 3.8) is 0 Å². The number of carbonyl (C=O) groups excluding carboxylic acids is 1. The number of hydrogen-bond acceptors (Lipinski definition) is 3. The number of hydrogen-bond donors (Lipinski definition) is 2. The van der Waals surface area contributed by atoms with E-state index in [0.29, 0.717) is 13.0 Å². The van der Waals surface area contributed by atoms with Crippen molar-refractivity contribution in [3.8, 4) is 5.75 Å². The minimum atomic E-state index is -0.705. The van der Waals surface area contributed by atoms with E-state index >= 15 is 0 Å². The fourth-order valence-electron chi connectivity index (χ4n) is 3.26. The number of benzene rings is 2. The first kappa shape index (κ1) is 17.7. The Labute approximate surface area is 151 Å². The second-order valence-corrected chi connectivity index (χ2v) is 6.71. The molecule has 26 heavy (non-hydrogen) atoms. The molecule has 1 aliphatic rings. The molecule has 3 rings (SSSR count). The molecule has 0 saturated heterocycles. The summed E-state index contributed by atoms with van der Waals surface area (Å²) >= 11 is 0. The van der Waals surface area contributed by atoms with Gasteiger partial charge in [0.2, 0.25) is 11.6 Å². The molecule has 1 atom stereocenters. The largest absolute Gasteiger partial charge is 0.508 e. The predicted molar refractivity (Wildman–Crippen MR) is 99.2 cm³/mol. The molecule has 0 saturated carbocycles. The number of rotatable bonds is 6. The topological polar surface area (TPSA) is 80.7 Å². The average molecular weight is 354 g/mol. The van der Waals surface area contributed by atoms with Gasteiger partial charge < -0.3 is 10.8 Å². The molecule has 1 heterocycles. The molecule has 0 fully saturated rings. The van der Waals surface area contributed by atoms with Crippen LogP contribution in [0.4, 0.5) is 4.39 Å². The zero-order valence-corrected chi connectivity index (χ0v) is 14.5. The zero-order chi connectivity index (χ0) is 18.7. The predicted octanol–water partition coefficient (Wildman–Crippen LogP) is 1.76. The summed E-state index contributed by atoms with van der Waals surface area (Å²) in [6.45, 7) is 2.37. The molecule has 2 aromatic carbocycles. The van der Waals surface area contributed by atoms with Crippen LogP contribution in [-0.2, 0) is 17.8 Å². The van der Waals surface area contributed by atoms with Crippen LogP contribution >= 0.6 is 0 Å². The van der Waals surface area contributed by atoms with Crippen LogP contribution in [-0.4, -0.2) is 33.5 Å². The van der Waals surface area contributed by atoms with Gasteiger partial charge in [-0.25, -0.2) is 14.0 Å². The molecule has 0 spiro atoms. The molecule has 1 aliphatic heterocycles. The summed E-state index contributed by atoms with van der Waals surface area (Å²) in [6, 6.07) is 13.3. The van der Waals surface area contributed by atoms with Crippen molar-refractivity contribution in [2.75, 3.05) is 0 Å². The Morgan fingerprint density at radius 2 is 1.96 bits per heavy atom. The van der Waals surface area contributed by atoms with Crippen LogP contribution in [0.2, 0.25) is 0 Å². The summed E-state index contributed by atoms with van der Waals surface area (Å²) < 4.78 is 18.0. The average Bonchev–Trinajstić information content (AvgIpc) is 2.83. The van der Waals surface area contributed by atoms with Crippen LogP contribution in [0.3, 0.4) is 0 Å². The van der Waals surface area contributed by atoms with Crippen molar-refractivity contribution in [3.05, 3.63) is 65.5 Å². The van der Waals surface area contributed by atoms with Crippen LogP contribution in [0, 0.1) is 5.82 Å². The first-order chi connectivity index (χ1) is 12.4. The number of amides is 1. The molecule has 5 nitrogen and oxygen atoms in total. The molecule has 6 heteroatoms. The van der Waals surface area contributed by atoms with Gasteiger partial charge in [0.15, 0.2) is 5.54 Å². The Bertz CT molecular complexity index is 905. The number of primary amides is 1. The molecule has 1 unspecified atom stereocenters. The maximum absolute atomic E-state index is 13.5. The standard InChI is InChI=1S/C20H20FN3O2/c1-20(11-19(22)26)18(10-14-4-2-6-16(21)8-14)23-13-24(20)12-15-5-3-7-17(25)9-15/h2-9,13H,10-12H2,1H3,(H2-,22,25,26)/p+1. The van der Waals surface area contributed by atoms with Crippen LogP contribution in [0.25, 0.3) is 0 Å². The van der Waals surface area contributed by atoms with E-state index in [9.17, 15) is 14.3 Å². The first-order valence-corrected chi connectivity index (χ1v) is 8.35. The van der Waals surface area contributed by atoms with E-state index in [2.05, 4.69) is 4.67 Å². The Kier molecular flexibility index (Phi) is 4.78. The van der Waals surface area contributed by atoms with E-state index in [0.717, 1.165) is 16.8 Å². The highest BCUT2D eigenvalue weighted by Gasteiger charge is 2.49. The Hall–Kier alpha value is -3.11. The molecule has 0 bridgehead atoms. The molecule has 0 radical (unpaired) electrons. The first-order valence-electron chi connectivity index (χ1n) is 8.35. The van der Waals surface area contributed by atoms with Gasteiger partial charge >= 0.3 is 6.34 Å². The SMILES string of the molecule is CC1(CC(N)=O)C(Cc2cccc(F)c2)=[N+]=CN1Cc1cccc(O)c1. The number of phenols is 1. The highest BCUT2D eigenvalue weighted by molar-refractivity contribution is 6.02. The zero-order valence-electron chi connectivity index (χ0n) is 14.5. The van der Waals surface area contributed by atoms with Gasteiger partial charge in [0.05, 0.1) is 12.8 Å². The summed E-state index contributed by atoms with van der Waals surface area (Å²) in [4.78, 5) is 13.6. The number of carbonyl (C=O) groups is 1. The minimum Gasteiger partial charge on any atom is -0.508 e. The smallest absolute Gasteiger partial charge is 0.334 e. The van der Waals surface area contributed by atoms with Gasteiger partial charge in [0, 0.05) is 0 Å². The summed E-state index contributed by atoms with van der Waals surface area (Å²) in [5.41, 5.74) is 7.20. The van der Waals surface area contributed by atoms with Crippen molar-refractivity contribution in [1.29, 1.82) is 0 Å². The highest BCUT2D eigenvalue weighted by atomic mass is 19.1. The molecule has 0 aliphatic carbocycles. The molecule has 3 N–H and O–H groups in total. The number of aromatic hydroxyl groups is 1. The lowest BCUT2D eigenvalue weighted by Gasteiger charge is -2.28. The maximum atomic E-state index is 13.5. The third-order valence-corrected chi connectivity index (χ3v) is 4.65. The monoisotopic (exact) mass is 354 g/mol. The molecular formula is C20H21FN3O2+. The summed E-state index contributed by atoms with van der Waals surface area (Å²) in [5, 5.41) is 9.67. The Balaban J connectivity index is 1.86. The van der Waals surface area contributed by atoms with Gasteiger partial charge in [-0.3, -0.25) is 4.79 Å².